The van der Waals surface area contributed by atoms with Crippen molar-refractivity contribution in [1.29, 1.82) is 0 Å². The molecule has 1 unspecified atom stereocenters. The highest BCUT2D eigenvalue weighted by atomic mass is 79.9. The van der Waals surface area contributed by atoms with E-state index in [1.807, 2.05) is 25.2 Å². The van der Waals surface area contributed by atoms with E-state index in [1.165, 1.54) is 0 Å². The van der Waals surface area contributed by atoms with Gasteiger partial charge >= 0.3 is 0 Å². The van der Waals surface area contributed by atoms with Crippen molar-refractivity contribution >= 4 is 26.8 Å². The van der Waals surface area contributed by atoms with E-state index in [9.17, 15) is 5.11 Å². The Morgan fingerprint density at radius 2 is 2.33 bits per heavy atom. The van der Waals surface area contributed by atoms with Crippen molar-refractivity contribution in [3.05, 3.63) is 28.4 Å². The van der Waals surface area contributed by atoms with E-state index < -0.39 is 6.10 Å². The molecule has 4 nitrogen and oxygen atoms in total. The van der Waals surface area contributed by atoms with E-state index in [2.05, 4.69) is 21.0 Å². The van der Waals surface area contributed by atoms with Crippen LogP contribution in [-0.4, -0.2) is 21.4 Å². The number of hydrogen-bond acceptors (Lipinski definition) is 3. The molecule has 2 rings (SSSR count). The van der Waals surface area contributed by atoms with Crippen LogP contribution >= 0.6 is 15.9 Å². The predicted molar refractivity (Wildman–Crippen MR) is 62.4 cm³/mol. The van der Waals surface area contributed by atoms with Gasteiger partial charge < -0.3 is 10.8 Å². The van der Waals surface area contributed by atoms with Crippen molar-refractivity contribution in [2.24, 2.45) is 12.8 Å². The second kappa shape index (κ2) is 3.92. The highest BCUT2D eigenvalue weighted by molar-refractivity contribution is 9.10. The van der Waals surface area contributed by atoms with E-state index in [1.54, 1.807) is 4.68 Å². The average Bonchev–Trinajstić information content (AvgIpc) is 2.54. The summed E-state index contributed by atoms with van der Waals surface area (Å²) in [7, 11) is 1.87. The quantitative estimate of drug-likeness (QED) is 0.865. The predicted octanol–water partition coefficient (Wildman–Crippen LogP) is 1.33. The second-order valence-corrected chi connectivity index (χ2v) is 4.16. The summed E-state index contributed by atoms with van der Waals surface area (Å²) in [6.45, 7) is 0.209. The first kappa shape index (κ1) is 10.6. The van der Waals surface area contributed by atoms with Gasteiger partial charge in [0.1, 0.15) is 4.60 Å². The summed E-state index contributed by atoms with van der Waals surface area (Å²) < 4.78 is 2.51. The van der Waals surface area contributed by atoms with Crippen LogP contribution in [0.25, 0.3) is 10.9 Å². The van der Waals surface area contributed by atoms with Crippen molar-refractivity contribution in [3.63, 3.8) is 0 Å². The number of fused-ring (bicyclic) bond motifs is 1. The van der Waals surface area contributed by atoms with Crippen LogP contribution in [0.4, 0.5) is 0 Å². The van der Waals surface area contributed by atoms with Crippen LogP contribution in [0.1, 0.15) is 11.7 Å². The minimum atomic E-state index is -0.644. The third-order valence-corrected chi connectivity index (χ3v) is 3.00. The summed E-state index contributed by atoms with van der Waals surface area (Å²) in [5.74, 6) is 0. The van der Waals surface area contributed by atoms with Crippen molar-refractivity contribution in [2.45, 2.75) is 6.10 Å². The van der Waals surface area contributed by atoms with Gasteiger partial charge in [-0.2, -0.15) is 5.10 Å². The molecular formula is C10H12BrN3O. The lowest BCUT2D eigenvalue weighted by atomic mass is 10.1. The van der Waals surface area contributed by atoms with Gasteiger partial charge in [-0.05, 0) is 27.6 Å². The van der Waals surface area contributed by atoms with E-state index >= 15 is 0 Å². The zero-order valence-electron chi connectivity index (χ0n) is 8.31. The molecule has 0 bridgehead atoms. The fraction of sp³-hybridized carbons (Fsp3) is 0.300. The van der Waals surface area contributed by atoms with E-state index in [0.717, 1.165) is 21.1 Å². The minimum Gasteiger partial charge on any atom is -0.387 e. The third kappa shape index (κ3) is 1.67. The second-order valence-electron chi connectivity index (χ2n) is 3.41. The van der Waals surface area contributed by atoms with E-state index in [4.69, 9.17) is 5.73 Å². The summed E-state index contributed by atoms with van der Waals surface area (Å²) in [5, 5.41) is 15.0. The lowest BCUT2D eigenvalue weighted by Gasteiger charge is -2.09. The van der Waals surface area contributed by atoms with Gasteiger partial charge in [-0.3, -0.25) is 4.68 Å². The number of rotatable bonds is 2. The van der Waals surface area contributed by atoms with Gasteiger partial charge in [-0.1, -0.05) is 12.1 Å². The van der Waals surface area contributed by atoms with E-state index in [-0.39, 0.29) is 6.54 Å². The molecule has 0 radical (unpaired) electrons. The number of aryl methyl sites for hydroxylation is 1. The SMILES string of the molecule is Cn1nc(Br)c2c(C(O)CN)cccc21. The van der Waals surface area contributed by atoms with Gasteiger partial charge in [-0.15, -0.1) is 0 Å². The highest BCUT2D eigenvalue weighted by Crippen LogP contribution is 2.29. The molecule has 0 amide bonds. The molecule has 0 saturated heterocycles. The maximum absolute atomic E-state index is 9.78. The number of nitrogens with zero attached hydrogens (tertiary/aromatic N) is 2. The zero-order chi connectivity index (χ0) is 11.0. The lowest BCUT2D eigenvalue weighted by molar-refractivity contribution is 0.188. The van der Waals surface area contributed by atoms with Crippen LogP contribution in [0.15, 0.2) is 22.8 Å². The van der Waals surface area contributed by atoms with Gasteiger partial charge in [0.2, 0.25) is 0 Å². The summed E-state index contributed by atoms with van der Waals surface area (Å²) >= 11 is 3.38. The number of nitrogens with two attached hydrogens (primary N) is 1. The number of hydrogen-bond donors (Lipinski definition) is 2. The summed E-state index contributed by atoms with van der Waals surface area (Å²) in [6, 6.07) is 5.72. The molecule has 15 heavy (non-hydrogen) atoms. The number of halogens is 1. The molecular weight excluding hydrogens is 258 g/mol. The topological polar surface area (TPSA) is 64.1 Å². The molecule has 1 aromatic heterocycles. The molecule has 5 heteroatoms. The average molecular weight is 270 g/mol. The molecule has 0 saturated carbocycles. The van der Waals surface area contributed by atoms with Gasteiger partial charge in [-0.25, -0.2) is 0 Å². The number of aliphatic hydroxyl groups excluding tert-OH is 1. The molecule has 3 N–H and O–H groups in total. The van der Waals surface area contributed by atoms with Crippen molar-refractivity contribution in [3.8, 4) is 0 Å². The largest absolute Gasteiger partial charge is 0.387 e. The number of aromatic nitrogens is 2. The summed E-state index contributed by atoms with van der Waals surface area (Å²) in [4.78, 5) is 0. The van der Waals surface area contributed by atoms with Crippen LogP contribution in [0.2, 0.25) is 0 Å². The molecule has 1 atom stereocenters. The molecule has 0 aliphatic heterocycles. The number of aliphatic hydroxyl groups is 1. The molecule has 0 fully saturated rings. The lowest BCUT2D eigenvalue weighted by Crippen LogP contribution is -2.11. The molecule has 0 aliphatic carbocycles. The third-order valence-electron chi connectivity index (χ3n) is 2.45. The maximum Gasteiger partial charge on any atom is 0.136 e. The van der Waals surface area contributed by atoms with Gasteiger partial charge in [0.15, 0.2) is 0 Å². The molecule has 1 heterocycles. The fourth-order valence-corrected chi connectivity index (χ4v) is 2.36. The zero-order valence-corrected chi connectivity index (χ0v) is 9.90. The monoisotopic (exact) mass is 269 g/mol. The number of benzene rings is 1. The smallest absolute Gasteiger partial charge is 0.136 e. The van der Waals surface area contributed by atoms with Crippen LogP contribution in [0.3, 0.4) is 0 Å². The van der Waals surface area contributed by atoms with Crippen molar-refractivity contribution < 1.29 is 5.11 Å². The van der Waals surface area contributed by atoms with Crippen LogP contribution < -0.4 is 5.73 Å². The molecule has 1 aromatic carbocycles. The van der Waals surface area contributed by atoms with Crippen molar-refractivity contribution in [2.75, 3.05) is 6.54 Å². The Kier molecular flexibility index (Phi) is 2.77. The Hall–Kier alpha value is -0.910. The van der Waals surface area contributed by atoms with Gasteiger partial charge in [0, 0.05) is 19.0 Å². The first-order valence-corrected chi connectivity index (χ1v) is 5.43. The van der Waals surface area contributed by atoms with Gasteiger partial charge in [0.25, 0.3) is 0 Å². The van der Waals surface area contributed by atoms with Crippen LogP contribution in [0.5, 0.6) is 0 Å². The molecule has 2 aromatic rings. The molecule has 80 valence electrons. The summed E-state index contributed by atoms with van der Waals surface area (Å²) in [6.07, 6.45) is -0.644. The first-order valence-electron chi connectivity index (χ1n) is 4.64. The first-order chi connectivity index (χ1) is 7.15. The Labute approximate surface area is 95.8 Å². The Bertz CT molecular complexity index is 495. The minimum absolute atomic E-state index is 0.209. The normalized spacial score (nSPS) is 13.3. The fourth-order valence-electron chi connectivity index (χ4n) is 1.69. The van der Waals surface area contributed by atoms with Crippen LogP contribution in [0, 0.1) is 0 Å². The van der Waals surface area contributed by atoms with Gasteiger partial charge in [0.05, 0.1) is 11.6 Å². The molecule has 0 aliphatic rings. The maximum atomic E-state index is 9.78. The Morgan fingerprint density at radius 3 is 3.00 bits per heavy atom. The standard InChI is InChI=1S/C10H12BrN3O/c1-14-7-4-2-3-6(8(15)5-12)9(7)10(11)13-14/h2-4,8,15H,5,12H2,1H3. The Balaban J connectivity index is 2.75. The van der Waals surface area contributed by atoms with E-state index in [0.29, 0.717) is 0 Å². The van der Waals surface area contributed by atoms with Crippen LogP contribution in [-0.2, 0) is 7.05 Å². The summed E-state index contributed by atoms with van der Waals surface area (Å²) in [5.41, 5.74) is 7.25. The molecule has 0 spiro atoms. The van der Waals surface area contributed by atoms with Crippen molar-refractivity contribution in [1.82, 2.24) is 9.78 Å². The highest BCUT2D eigenvalue weighted by Gasteiger charge is 2.15. The Morgan fingerprint density at radius 1 is 1.60 bits per heavy atom.